The second-order valence-corrected chi connectivity index (χ2v) is 10.7. The predicted octanol–water partition coefficient (Wildman–Crippen LogP) is 5.97. The molecule has 2 N–H and O–H groups in total. The minimum absolute atomic E-state index is 0.169. The lowest BCUT2D eigenvalue weighted by Gasteiger charge is -2.22. The monoisotopic (exact) mass is 495 g/mol. The second kappa shape index (κ2) is 13.0. The van der Waals surface area contributed by atoms with Crippen LogP contribution in [0, 0.1) is 6.92 Å². The van der Waals surface area contributed by atoms with Gasteiger partial charge in [-0.05, 0) is 76.8 Å². The summed E-state index contributed by atoms with van der Waals surface area (Å²) in [6, 6.07) is 11.5. The first-order valence-electron chi connectivity index (χ1n) is 11.7. The third-order valence-corrected chi connectivity index (χ3v) is 6.09. The van der Waals surface area contributed by atoms with Crippen molar-refractivity contribution < 1.29 is 14.3 Å². The number of alkyl carbamates (subject to hydrolysis) is 1. The fourth-order valence-electron chi connectivity index (χ4n) is 3.39. The van der Waals surface area contributed by atoms with Gasteiger partial charge < -0.3 is 15.4 Å². The molecule has 0 saturated heterocycles. The molecule has 2 amide bonds. The van der Waals surface area contributed by atoms with E-state index in [0.29, 0.717) is 11.3 Å². The highest BCUT2D eigenvalue weighted by Crippen LogP contribution is 2.30. The van der Waals surface area contributed by atoms with Gasteiger partial charge in [0.2, 0.25) is 0 Å². The predicted molar refractivity (Wildman–Crippen MR) is 147 cm³/mol. The van der Waals surface area contributed by atoms with Gasteiger partial charge in [0, 0.05) is 24.7 Å². The molecule has 1 atom stereocenters. The van der Waals surface area contributed by atoms with Gasteiger partial charge in [-0.25, -0.2) is 4.79 Å². The first-order valence-corrected chi connectivity index (χ1v) is 12.5. The summed E-state index contributed by atoms with van der Waals surface area (Å²) >= 11 is 1.45. The van der Waals surface area contributed by atoms with Crippen LogP contribution in [0.2, 0.25) is 0 Å². The van der Waals surface area contributed by atoms with Crippen LogP contribution < -0.4 is 10.6 Å². The number of hydrogen-bond acceptors (Lipinski definition) is 5. The molecule has 35 heavy (non-hydrogen) atoms. The summed E-state index contributed by atoms with van der Waals surface area (Å²) in [5.74, 6) is -0.169. The van der Waals surface area contributed by atoms with E-state index in [1.54, 1.807) is 13.3 Å². The van der Waals surface area contributed by atoms with Crippen LogP contribution in [0.5, 0.6) is 0 Å². The van der Waals surface area contributed by atoms with E-state index in [2.05, 4.69) is 21.7 Å². The van der Waals surface area contributed by atoms with Crippen molar-refractivity contribution in [2.24, 2.45) is 4.99 Å². The Kier molecular flexibility index (Phi) is 10.5. The molecule has 1 unspecified atom stereocenters. The minimum Gasteiger partial charge on any atom is -0.444 e. The van der Waals surface area contributed by atoms with Gasteiger partial charge in [0.05, 0.1) is 10.9 Å². The maximum Gasteiger partial charge on any atom is 0.407 e. The van der Waals surface area contributed by atoms with Crippen LogP contribution in [-0.2, 0) is 11.2 Å². The Bertz CT molecular complexity index is 1090. The van der Waals surface area contributed by atoms with E-state index in [1.165, 1.54) is 11.3 Å². The van der Waals surface area contributed by atoms with Gasteiger partial charge in [0.25, 0.3) is 5.91 Å². The minimum atomic E-state index is -0.591. The Morgan fingerprint density at radius 2 is 1.86 bits per heavy atom. The smallest absolute Gasteiger partial charge is 0.407 e. The van der Waals surface area contributed by atoms with E-state index in [9.17, 15) is 9.59 Å². The summed E-state index contributed by atoms with van der Waals surface area (Å²) in [6.07, 6.45) is 5.87. The molecule has 2 aromatic rings. The lowest BCUT2D eigenvalue weighted by atomic mass is 10.1. The zero-order chi connectivity index (χ0) is 26.0. The van der Waals surface area contributed by atoms with E-state index < -0.39 is 11.7 Å². The maximum absolute atomic E-state index is 13.2. The first-order chi connectivity index (χ1) is 16.5. The van der Waals surface area contributed by atoms with Gasteiger partial charge in [0.15, 0.2) is 0 Å². The standard InChI is InChI=1S/C28H37N3O3S/c1-19(2)15-22(13-14-29-7)25-20(3)16-24(35-25)26(32)31-23(17-21-11-9-8-10-12-21)18-30-27(33)34-28(4,5)6/h8-16,23H,17-18H2,1-7H3,(H,30,33)(H,31,32)/b22-13+,29-14-. The van der Waals surface area contributed by atoms with Gasteiger partial charge in [-0.2, -0.15) is 0 Å². The van der Waals surface area contributed by atoms with Crippen LogP contribution in [0.25, 0.3) is 5.57 Å². The molecule has 1 aromatic carbocycles. The Morgan fingerprint density at radius 1 is 1.17 bits per heavy atom. The van der Waals surface area contributed by atoms with Crippen molar-refractivity contribution in [1.82, 2.24) is 10.6 Å². The number of nitrogens with one attached hydrogen (secondary N) is 2. The Morgan fingerprint density at radius 3 is 2.46 bits per heavy atom. The molecule has 0 bridgehead atoms. The first kappa shape index (κ1) is 28.1. The summed E-state index contributed by atoms with van der Waals surface area (Å²) in [7, 11) is 1.73. The number of hydrogen-bond donors (Lipinski definition) is 2. The molecule has 1 heterocycles. The lowest BCUT2D eigenvalue weighted by molar-refractivity contribution is 0.0520. The zero-order valence-corrected chi connectivity index (χ0v) is 22.6. The molecule has 0 aliphatic heterocycles. The number of thiophene rings is 1. The van der Waals surface area contributed by atoms with Crippen molar-refractivity contribution in [3.63, 3.8) is 0 Å². The summed E-state index contributed by atoms with van der Waals surface area (Å²) in [5.41, 5.74) is 3.69. The number of aryl methyl sites for hydroxylation is 1. The van der Waals surface area contributed by atoms with E-state index in [-0.39, 0.29) is 18.5 Å². The van der Waals surface area contributed by atoms with Crippen LogP contribution in [0.4, 0.5) is 4.79 Å². The molecule has 0 radical (unpaired) electrons. The SMILES string of the molecule is C/N=C\C=C(/C=C(C)C)c1sc(C(=O)NC(CNC(=O)OC(C)(C)C)Cc2ccccc2)cc1C. The zero-order valence-electron chi connectivity index (χ0n) is 21.8. The molecule has 0 aliphatic rings. The largest absolute Gasteiger partial charge is 0.444 e. The second-order valence-electron chi connectivity index (χ2n) is 9.62. The highest BCUT2D eigenvalue weighted by atomic mass is 32.1. The lowest BCUT2D eigenvalue weighted by Crippen LogP contribution is -2.45. The van der Waals surface area contributed by atoms with E-state index in [4.69, 9.17) is 4.74 Å². The van der Waals surface area contributed by atoms with Crippen molar-refractivity contribution in [3.05, 3.63) is 75.0 Å². The highest BCUT2D eigenvalue weighted by molar-refractivity contribution is 7.15. The summed E-state index contributed by atoms with van der Waals surface area (Å²) in [4.78, 5) is 31.2. The molecule has 6 nitrogen and oxygen atoms in total. The van der Waals surface area contributed by atoms with Crippen molar-refractivity contribution in [3.8, 4) is 0 Å². The third-order valence-electron chi connectivity index (χ3n) is 4.80. The summed E-state index contributed by atoms with van der Waals surface area (Å²) in [6.45, 7) is 11.8. The fourth-order valence-corrected chi connectivity index (χ4v) is 4.46. The summed E-state index contributed by atoms with van der Waals surface area (Å²) < 4.78 is 5.35. The topological polar surface area (TPSA) is 79.8 Å². The van der Waals surface area contributed by atoms with Crippen LogP contribution in [0.15, 0.2) is 59.1 Å². The van der Waals surface area contributed by atoms with Crippen molar-refractivity contribution in [2.75, 3.05) is 13.6 Å². The molecular weight excluding hydrogens is 458 g/mol. The van der Waals surface area contributed by atoms with Crippen LogP contribution in [0.3, 0.4) is 0 Å². The third kappa shape index (κ3) is 9.91. The van der Waals surface area contributed by atoms with Crippen LogP contribution in [0.1, 0.15) is 60.3 Å². The average molecular weight is 496 g/mol. The summed E-state index contributed by atoms with van der Waals surface area (Å²) in [5, 5.41) is 5.90. The molecule has 7 heteroatoms. The number of ether oxygens (including phenoxy) is 1. The maximum atomic E-state index is 13.2. The number of aliphatic imine (C=N–C) groups is 1. The number of amides is 2. The van der Waals surface area contributed by atoms with Gasteiger partial charge in [-0.15, -0.1) is 11.3 Å². The molecule has 0 fully saturated rings. The number of allylic oxidation sites excluding steroid dienone is 4. The molecule has 0 aliphatic carbocycles. The Balaban J connectivity index is 2.22. The molecule has 188 valence electrons. The number of carbonyl (C=O) groups is 2. The number of carbonyl (C=O) groups excluding carboxylic acids is 2. The number of nitrogens with zero attached hydrogens (tertiary/aromatic N) is 1. The quantitative estimate of drug-likeness (QED) is 0.332. The molecule has 0 saturated carbocycles. The van der Waals surface area contributed by atoms with E-state index >= 15 is 0 Å². The van der Waals surface area contributed by atoms with Crippen molar-refractivity contribution in [2.45, 2.75) is 59.6 Å². The number of benzene rings is 1. The Hall–Kier alpha value is -3.19. The molecule has 1 aromatic heterocycles. The highest BCUT2D eigenvalue weighted by Gasteiger charge is 2.21. The fraction of sp³-hybridized carbons (Fsp3) is 0.393. The van der Waals surface area contributed by atoms with Crippen LogP contribution >= 0.6 is 11.3 Å². The van der Waals surface area contributed by atoms with Crippen LogP contribution in [-0.4, -0.2) is 43.5 Å². The van der Waals surface area contributed by atoms with Crippen molar-refractivity contribution >= 4 is 35.1 Å². The van der Waals surface area contributed by atoms with Gasteiger partial charge in [0.1, 0.15) is 5.60 Å². The van der Waals surface area contributed by atoms with Gasteiger partial charge in [-0.3, -0.25) is 9.79 Å². The van der Waals surface area contributed by atoms with Gasteiger partial charge >= 0.3 is 6.09 Å². The molecular formula is C28H37N3O3S. The van der Waals surface area contributed by atoms with Gasteiger partial charge in [-0.1, -0.05) is 42.0 Å². The average Bonchev–Trinajstić information content (AvgIpc) is 3.16. The Labute approximate surface area is 213 Å². The molecule has 2 rings (SSSR count). The van der Waals surface area contributed by atoms with E-state index in [0.717, 1.165) is 27.2 Å². The van der Waals surface area contributed by atoms with Crippen molar-refractivity contribution in [1.29, 1.82) is 0 Å². The molecule has 0 spiro atoms. The normalized spacial score (nSPS) is 12.8. The van der Waals surface area contributed by atoms with E-state index in [1.807, 2.05) is 84.0 Å². The number of rotatable bonds is 9.